The van der Waals surface area contributed by atoms with Crippen LogP contribution >= 0.6 is 0 Å². The van der Waals surface area contributed by atoms with Gasteiger partial charge in [0.15, 0.2) is 0 Å². The molecule has 0 unspecified atom stereocenters. The molecule has 4 aromatic rings. The number of hydrogen-bond acceptors (Lipinski definition) is 3. The molecule has 2 amide bonds. The number of carbonyl (C=O) groups is 2. The second kappa shape index (κ2) is 9.18. The fourth-order valence-corrected chi connectivity index (χ4v) is 3.37. The van der Waals surface area contributed by atoms with Crippen molar-refractivity contribution in [1.82, 2.24) is 5.32 Å². The Morgan fingerprint density at radius 2 is 1.56 bits per heavy atom. The van der Waals surface area contributed by atoms with Crippen LogP contribution in [0.1, 0.15) is 21.5 Å². The number of hydrogen-bond donors (Lipinski definition) is 3. The van der Waals surface area contributed by atoms with Crippen molar-refractivity contribution in [2.75, 3.05) is 5.32 Å². The van der Waals surface area contributed by atoms with Gasteiger partial charge in [0.1, 0.15) is 11.4 Å². The third-order valence-corrected chi connectivity index (χ3v) is 5.03. The second-order valence-electron chi connectivity index (χ2n) is 7.45. The lowest BCUT2D eigenvalue weighted by Crippen LogP contribution is -2.30. The minimum absolute atomic E-state index is 0.0334. The van der Waals surface area contributed by atoms with Crippen LogP contribution in [0.3, 0.4) is 0 Å². The Kier molecular flexibility index (Phi) is 5.99. The van der Waals surface area contributed by atoms with E-state index in [1.807, 2.05) is 61.5 Å². The Morgan fingerprint density at radius 1 is 0.844 bits per heavy atom. The first-order valence-electron chi connectivity index (χ1n) is 10.2. The molecular weight excluding hydrogens is 400 g/mol. The maximum Gasteiger partial charge on any atom is 0.272 e. The fraction of sp³-hybridized carbons (Fsp3) is 0.0370. The molecule has 0 saturated carbocycles. The van der Waals surface area contributed by atoms with E-state index in [1.165, 1.54) is 12.1 Å². The van der Waals surface area contributed by atoms with Gasteiger partial charge in [0.25, 0.3) is 11.8 Å². The molecule has 3 N–H and O–H groups in total. The normalized spacial score (nSPS) is 11.2. The van der Waals surface area contributed by atoms with Crippen LogP contribution in [0.25, 0.3) is 16.8 Å². The molecule has 0 heterocycles. The Labute approximate surface area is 186 Å². The summed E-state index contributed by atoms with van der Waals surface area (Å²) in [7, 11) is 0. The van der Waals surface area contributed by atoms with Crippen LogP contribution in [0, 0.1) is 6.92 Å². The lowest BCUT2D eigenvalue weighted by Gasteiger charge is -2.12. The Balaban J connectivity index is 1.71. The first kappa shape index (κ1) is 20.9. The quantitative estimate of drug-likeness (QED) is 0.384. The average molecular weight is 422 g/mol. The molecule has 0 aliphatic rings. The van der Waals surface area contributed by atoms with Crippen molar-refractivity contribution < 1.29 is 14.7 Å². The largest absolute Gasteiger partial charge is 0.508 e. The summed E-state index contributed by atoms with van der Waals surface area (Å²) in [6.45, 7) is 1.94. The molecule has 0 aliphatic heterocycles. The average Bonchev–Trinajstić information content (AvgIpc) is 2.79. The molecule has 4 aromatic carbocycles. The molecule has 0 aliphatic carbocycles. The van der Waals surface area contributed by atoms with Crippen molar-refractivity contribution >= 4 is 34.4 Å². The van der Waals surface area contributed by atoms with E-state index >= 15 is 0 Å². The third kappa shape index (κ3) is 4.84. The number of amides is 2. The van der Waals surface area contributed by atoms with E-state index in [4.69, 9.17) is 0 Å². The highest BCUT2D eigenvalue weighted by Gasteiger charge is 2.16. The van der Waals surface area contributed by atoms with Gasteiger partial charge < -0.3 is 15.7 Å². The zero-order valence-corrected chi connectivity index (χ0v) is 17.5. The minimum Gasteiger partial charge on any atom is -0.508 e. The van der Waals surface area contributed by atoms with Gasteiger partial charge in [-0.05, 0) is 53.6 Å². The first-order chi connectivity index (χ1) is 15.5. The summed E-state index contributed by atoms with van der Waals surface area (Å²) < 4.78 is 0. The zero-order valence-electron chi connectivity index (χ0n) is 17.5. The van der Waals surface area contributed by atoms with Gasteiger partial charge in [-0.1, -0.05) is 66.2 Å². The van der Waals surface area contributed by atoms with E-state index in [0.29, 0.717) is 11.3 Å². The third-order valence-electron chi connectivity index (χ3n) is 5.03. The molecule has 0 atom stereocenters. The summed E-state index contributed by atoms with van der Waals surface area (Å²) >= 11 is 0. The molecule has 4 rings (SSSR count). The van der Waals surface area contributed by atoms with E-state index in [0.717, 1.165) is 21.9 Å². The number of phenolic OH excluding ortho intramolecular Hbond substituents is 1. The van der Waals surface area contributed by atoms with Gasteiger partial charge in [0.2, 0.25) is 0 Å². The number of fused-ring (bicyclic) bond motifs is 1. The summed E-state index contributed by atoms with van der Waals surface area (Å²) in [6.07, 6.45) is 1.66. The number of carbonyl (C=O) groups excluding carboxylic acids is 2. The highest BCUT2D eigenvalue weighted by Crippen LogP contribution is 2.22. The van der Waals surface area contributed by atoms with Crippen molar-refractivity contribution in [3.05, 3.63) is 113 Å². The van der Waals surface area contributed by atoms with E-state index < -0.39 is 5.91 Å². The van der Waals surface area contributed by atoms with E-state index in [2.05, 4.69) is 10.6 Å². The summed E-state index contributed by atoms with van der Waals surface area (Å²) in [4.78, 5) is 26.0. The van der Waals surface area contributed by atoms with E-state index in [-0.39, 0.29) is 17.4 Å². The van der Waals surface area contributed by atoms with Crippen LogP contribution in [0.5, 0.6) is 5.75 Å². The molecular formula is C27H22N2O3. The highest BCUT2D eigenvalue weighted by atomic mass is 16.3. The molecule has 158 valence electrons. The predicted octanol–water partition coefficient (Wildman–Crippen LogP) is 5.26. The van der Waals surface area contributed by atoms with Gasteiger partial charge in [-0.2, -0.15) is 0 Å². The molecule has 0 saturated heterocycles. The lowest BCUT2D eigenvalue weighted by molar-refractivity contribution is -0.113. The standard InChI is InChI=1S/C27H22N2O3/c1-18-12-14-20(15-13-18)26(31)29-25(27(32)28-22-9-5-10-23(30)17-22)16-21-8-4-7-19-6-2-3-11-24(19)21/h2-17,30H,1H3,(H,28,32)(H,29,31). The number of aryl methyl sites for hydroxylation is 1. The lowest BCUT2D eigenvalue weighted by atomic mass is 10.0. The van der Waals surface area contributed by atoms with Gasteiger partial charge in [-0.3, -0.25) is 9.59 Å². The minimum atomic E-state index is -0.496. The maximum absolute atomic E-state index is 13.1. The summed E-state index contributed by atoms with van der Waals surface area (Å²) in [5.74, 6) is -0.849. The van der Waals surface area contributed by atoms with E-state index in [1.54, 1.807) is 30.3 Å². The summed E-state index contributed by atoms with van der Waals surface area (Å²) in [5.41, 5.74) is 2.80. The maximum atomic E-state index is 13.1. The van der Waals surface area contributed by atoms with Crippen LogP contribution in [0.15, 0.2) is 96.7 Å². The van der Waals surface area contributed by atoms with Crippen LogP contribution in [-0.4, -0.2) is 16.9 Å². The van der Waals surface area contributed by atoms with Crippen LogP contribution in [0.4, 0.5) is 5.69 Å². The van der Waals surface area contributed by atoms with Gasteiger partial charge >= 0.3 is 0 Å². The van der Waals surface area contributed by atoms with Gasteiger partial charge in [0, 0.05) is 17.3 Å². The van der Waals surface area contributed by atoms with Crippen molar-refractivity contribution in [3.63, 3.8) is 0 Å². The second-order valence-corrected chi connectivity index (χ2v) is 7.45. The van der Waals surface area contributed by atoms with Crippen LogP contribution in [0.2, 0.25) is 0 Å². The number of benzene rings is 4. The number of aromatic hydroxyl groups is 1. The highest BCUT2D eigenvalue weighted by molar-refractivity contribution is 6.11. The van der Waals surface area contributed by atoms with Crippen molar-refractivity contribution in [3.8, 4) is 5.75 Å². The molecule has 5 nitrogen and oxygen atoms in total. The van der Waals surface area contributed by atoms with Gasteiger partial charge in [-0.15, -0.1) is 0 Å². The Hall–Kier alpha value is -4.38. The number of phenols is 1. The van der Waals surface area contributed by atoms with Crippen molar-refractivity contribution in [2.45, 2.75) is 6.92 Å². The number of rotatable bonds is 5. The van der Waals surface area contributed by atoms with Crippen LogP contribution < -0.4 is 10.6 Å². The number of anilines is 1. The molecule has 0 radical (unpaired) electrons. The molecule has 0 aromatic heterocycles. The monoisotopic (exact) mass is 422 g/mol. The number of nitrogens with one attached hydrogen (secondary N) is 2. The van der Waals surface area contributed by atoms with E-state index in [9.17, 15) is 14.7 Å². The zero-order chi connectivity index (χ0) is 22.5. The summed E-state index contributed by atoms with van der Waals surface area (Å²) in [5, 5.41) is 17.2. The smallest absolute Gasteiger partial charge is 0.272 e. The SMILES string of the molecule is Cc1ccc(C(=O)NC(=Cc2cccc3ccccc23)C(=O)Nc2cccc(O)c2)cc1. The summed E-state index contributed by atoms with van der Waals surface area (Å²) in [6, 6.07) is 27.0. The van der Waals surface area contributed by atoms with Gasteiger partial charge in [-0.25, -0.2) is 0 Å². The molecule has 0 bridgehead atoms. The topological polar surface area (TPSA) is 78.4 Å². The van der Waals surface area contributed by atoms with Gasteiger partial charge in [0.05, 0.1) is 0 Å². The Bertz CT molecular complexity index is 1320. The first-order valence-corrected chi connectivity index (χ1v) is 10.2. The molecule has 0 fully saturated rings. The fourth-order valence-electron chi connectivity index (χ4n) is 3.37. The van der Waals surface area contributed by atoms with Crippen LogP contribution in [-0.2, 0) is 4.79 Å². The molecule has 5 heteroatoms. The Morgan fingerprint density at radius 3 is 2.34 bits per heavy atom. The molecule has 0 spiro atoms. The molecule has 32 heavy (non-hydrogen) atoms. The predicted molar refractivity (Wildman–Crippen MR) is 127 cm³/mol. The van der Waals surface area contributed by atoms with Crippen molar-refractivity contribution in [2.24, 2.45) is 0 Å². The van der Waals surface area contributed by atoms with Crippen molar-refractivity contribution in [1.29, 1.82) is 0 Å².